The van der Waals surface area contributed by atoms with Crippen LogP contribution in [0.5, 0.6) is 0 Å². The molecule has 0 radical (unpaired) electrons. The average Bonchev–Trinajstić information content (AvgIpc) is 2.50. The fourth-order valence-corrected chi connectivity index (χ4v) is 8.83. The Kier molecular flexibility index (Phi) is 6.64. The van der Waals surface area contributed by atoms with Gasteiger partial charge in [0, 0.05) is 20.1 Å². The molecular weight excluding hydrogens is 624 g/mol. The Bertz CT molecular complexity index is 1380. The summed E-state index contributed by atoms with van der Waals surface area (Å²) in [6.07, 6.45) is 0. The third kappa shape index (κ3) is 4.92. The largest absolute Gasteiger partial charge is 0.297 e. The van der Waals surface area contributed by atoms with E-state index in [-0.39, 0.29) is 0 Å². The van der Waals surface area contributed by atoms with Crippen LogP contribution in [0.2, 0.25) is 0 Å². The van der Waals surface area contributed by atoms with Crippen molar-refractivity contribution in [2.24, 2.45) is 0 Å². The molecule has 0 aliphatic rings. The van der Waals surface area contributed by atoms with Crippen LogP contribution in [-0.2, 0) is 40.5 Å². The molecule has 0 aromatic heterocycles. The molecule has 4 N–H and O–H groups in total. The minimum atomic E-state index is -5.51. The van der Waals surface area contributed by atoms with E-state index in [1.54, 1.807) is 0 Å². The summed E-state index contributed by atoms with van der Waals surface area (Å²) in [6.45, 7) is 0. The highest BCUT2D eigenvalue weighted by molar-refractivity contribution is 9.10. The molecule has 0 fully saturated rings. The van der Waals surface area contributed by atoms with Crippen LogP contribution in [0.25, 0.3) is 11.1 Å². The van der Waals surface area contributed by atoms with Crippen LogP contribution in [0.4, 0.5) is 0 Å². The molecule has 0 unspecified atom stereocenters. The Hall–Kier alpha value is -0.960. The van der Waals surface area contributed by atoms with Crippen molar-refractivity contribution in [1.29, 1.82) is 0 Å². The van der Waals surface area contributed by atoms with Gasteiger partial charge < -0.3 is 0 Å². The van der Waals surface area contributed by atoms with Crippen molar-refractivity contribution < 1.29 is 51.9 Å². The second-order valence-corrected chi connectivity index (χ2v) is 12.5. The van der Waals surface area contributed by atoms with Gasteiger partial charge in [-0.25, -0.2) is 0 Å². The zero-order valence-electron chi connectivity index (χ0n) is 13.8. The zero-order valence-corrected chi connectivity index (χ0v) is 20.2. The molecule has 18 heteroatoms. The number of halogens is 2. The molecule has 0 saturated heterocycles. The molecule has 0 aliphatic carbocycles. The van der Waals surface area contributed by atoms with E-state index in [9.17, 15) is 51.9 Å². The highest BCUT2D eigenvalue weighted by Crippen LogP contribution is 2.42. The Morgan fingerprint density at radius 1 is 0.467 bits per heavy atom. The Labute approximate surface area is 187 Å². The lowest BCUT2D eigenvalue weighted by molar-refractivity contribution is 0.465. The lowest BCUT2D eigenvalue weighted by Crippen LogP contribution is -2.14. The summed E-state index contributed by atoms with van der Waals surface area (Å²) in [5.41, 5.74) is -1.86. The van der Waals surface area contributed by atoms with Crippen LogP contribution in [0.1, 0.15) is 0 Å². The van der Waals surface area contributed by atoms with E-state index in [1.807, 2.05) is 0 Å². The lowest BCUT2D eigenvalue weighted by atomic mass is 10.1. The van der Waals surface area contributed by atoms with Crippen LogP contribution in [0.3, 0.4) is 0 Å². The van der Waals surface area contributed by atoms with Gasteiger partial charge in [-0.2, -0.15) is 33.7 Å². The van der Waals surface area contributed by atoms with Gasteiger partial charge >= 0.3 is 0 Å². The van der Waals surface area contributed by atoms with Crippen molar-refractivity contribution in [3.8, 4) is 11.1 Å². The summed E-state index contributed by atoms with van der Waals surface area (Å²) in [5.74, 6) is 0. The third-order valence-corrected chi connectivity index (χ3v) is 9.31. The van der Waals surface area contributed by atoms with Gasteiger partial charge in [0.25, 0.3) is 40.5 Å². The fraction of sp³-hybridized carbons (Fsp3) is 0. The molecule has 0 heterocycles. The van der Waals surface area contributed by atoms with Gasteiger partial charge in [0.15, 0.2) is 0 Å². The highest BCUT2D eigenvalue weighted by Gasteiger charge is 2.35. The standard InChI is InChI=1S/C12H8Br2O12S4/c13-7-3-1-5(9(27(15,16)17)11(7)29(21,22)23)6-2-4-8(14)12(30(24,25)26)10(6)28(18,19)20/h1-4H,(H,15,16,17)(H,18,19,20)(H,21,22,23)(H,24,25,26). The van der Waals surface area contributed by atoms with E-state index < -0.39 is 80.1 Å². The predicted molar refractivity (Wildman–Crippen MR) is 107 cm³/mol. The Balaban J connectivity index is 3.32. The second-order valence-electron chi connectivity index (χ2n) is 5.41. The van der Waals surface area contributed by atoms with Crippen molar-refractivity contribution in [3.63, 3.8) is 0 Å². The normalized spacial score (nSPS) is 13.4. The molecule has 0 spiro atoms. The average molecular weight is 632 g/mol. The molecule has 12 nitrogen and oxygen atoms in total. The van der Waals surface area contributed by atoms with Gasteiger partial charge in [-0.15, -0.1) is 0 Å². The van der Waals surface area contributed by atoms with Gasteiger partial charge in [0.05, 0.1) is 0 Å². The van der Waals surface area contributed by atoms with E-state index in [4.69, 9.17) is 0 Å². The predicted octanol–water partition coefficient (Wildman–Crippen LogP) is 1.87. The van der Waals surface area contributed by atoms with Crippen molar-refractivity contribution >= 4 is 72.3 Å². The first-order valence-corrected chi connectivity index (χ1v) is 14.2. The summed E-state index contributed by atoms with van der Waals surface area (Å²) in [6, 6.07) is 3.20. The molecule has 0 atom stereocenters. The maximum atomic E-state index is 11.9. The van der Waals surface area contributed by atoms with Crippen molar-refractivity contribution in [3.05, 3.63) is 33.2 Å². The topological polar surface area (TPSA) is 217 Å². The van der Waals surface area contributed by atoms with Gasteiger partial charge in [-0.1, -0.05) is 12.1 Å². The molecule has 0 bridgehead atoms. The number of rotatable bonds is 5. The maximum Gasteiger partial charge on any atom is 0.297 e. The van der Waals surface area contributed by atoms with E-state index >= 15 is 0 Å². The lowest BCUT2D eigenvalue weighted by Gasteiger charge is -2.17. The molecule has 2 rings (SSSR count). The first-order valence-electron chi connectivity index (χ1n) is 6.83. The van der Waals surface area contributed by atoms with Crippen LogP contribution in [0.15, 0.2) is 52.8 Å². The first kappa shape index (κ1) is 25.3. The summed E-state index contributed by atoms with van der Waals surface area (Å²) in [4.78, 5) is -5.82. The quantitative estimate of drug-likeness (QED) is 0.348. The van der Waals surface area contributed by atoms with E-state index in [1.165, 1.54) is 0 Å². The summed E-state index contributed by atoms with van der Waals surface area (Å²) >= 11 is 5.34. The van der Waals surface area contributed by atoms with Gasteiger partial charge in [0.1, 0.15) is 19.6 Å². The van der Waals surface area contributed by atoms with Crippen LogP contribution in [-0.4, -0.2) is 51.9 Å². The number of hydrogen-bond donors (Lipinski definition) is 4. The first-order chi connectivity index (χ1) is 13.3. The van der Waals surface area contributed by atoms with Gasteiger partial charge in [-0.05, 0) is 44.0 Å². The van der Waals surface area contributed by atoms with Crippen LogP contribution in [0, 0.1) is 0 Å². The zero-order chi connectivity index (χ0) is 23.4. The maximum absolute atomic E-state index is 11.9. The minimum absolute atomic E-state index is 0.554. The van der Waals surface area contributed by atoms with Crippen LogP contribution >= 0.6 is 31.9 Å². The van der Waals surface area contributed by atoms with Crippen molar-refractivity contribution in [1.82, 2.24) is 0 Å². The molecule has 2 aromatic carbocycles. The van der Waals surface area contributed by atoms with E-state index in [0.717, 1.165) is 24.3 Å². The highest BCUT2D eigenvalue weighted by atomic mass is 79.9. The Morgan fingerprint density at radius 2 is 0.700 bits per heavy atom. The molecule has 0 aliphatic heterocycles. The smallest absolute Gasteiger partial charge is 0.282 e. The molecular formula is C12H8Br2O12S4. The summed E-state index contributed by atoms with van der Waals surface area (Å²) in [7, 11) is -21.7. The third-order valence-electron chi connectivity index (χ3n) is 3.45. The van der Waals surface area contributed by atoms with Gasteiger partial charge in [0.2, 0.25) is 0 Å². The van der Waals surface area contributed by atoms with Crippen molar-refractivity contribution in [2.75, 3.05) is 0 Å². The molecule has 166 valence electrons. The minimum Gasteiger partial charge on any atom is -0.282 e. The monoisotopic (exact) mass is 630 g/mol. The second kappa shape index (κ2) is 7.87. The van der Waals surface area contributed by atoms with Gasteiger partial charge in [-0.3, -0.25) is 18.2 Å². The molecule has 2 aromatic rings. The number of benzene rings is 2. The molecule has 0 saturated carbocycles. The summed E-state index contributed by atoms with van der Waals surface area (Å²) < 4.78 is 131. The van der Waals surface area contributed by atoms with Crippen LogP contribution < -0.4 is 0 Å². The Morgan fingerprint density at radius 3 is 0.900 bits per heavy atom. The van der Waals surface area contributed by atoms with E-state index in [0.29, 0.717) is 0 Å². The van der Waals surface area contributed by atoms with Crippen molar-refractivity contribution in [2.45, 2.75) is 19.6 Å². The molecule has 0 amide bonds. The molecule has 30 heavy (non-hydrogen) atoms. The number of hydrogen-bond acceptors (Lipinski definition) is 8. The summed E-state index contributed by atoms with van der Waals surface area (Å²) in [5, 5.41) is 0. The fourth-order valence-electron chi connectivity index (χ4n) is 2.49. The van der Waals surface area contributed by atoms with E-state index in [2.05, 4.69) is 31.9 Å². The SMILES string of the molecule is O=S(=O)(O)c1c(Br)ccc(-c2ccc(Br)c(S(=O)(=O)O)c2S(=O)(=O)O)c1S(=O)(=O)O.